The molecule has 0 bridgehead atoms. The Labute approximate surface area is 117 Å². The molecule has 5 heteroatoms. The van der Waals surface area contributed by atoms with Crippen LogP contribution in [0.4, 0.5) is 0 Å². The van der Waals surface area contributed by atoms with Crippen LogP contribution in [0, 0.1) is 13.8 Å². The molecule has 4 nitrogen and oxygen atoms in total. The minimum absolute atomic E-state index is 0.258. The third kappa shape index (κ3) is 2.79. The summed E-state index contributed by atoms with van der Waals surface area (Å²) in [5, 5.41) is 0. The maximum atomic E-state index is 12.5. The lowest BCUT2D eigenvalue weighted by molar-refractivity contribution is 0.103. The summed E-state index contributed by atoms with van der Waals surface area (Å²) in [5.74, 6) is -0.258. The second kappa shape index (κ2) is 5.19. The first-order valence-electron chi connectivity index (χ1n) is 5.99. The standard InChI is InChI=1S/C15H14O4S/c1-10-5-3-4-6-13(10)15(16)14-9-12(20(17,18)19)8-7-11(14)2/h3-9H,1-2H3,(H,17,18,19). The molecule has 0 spiro atoms. The summed E-state index contributed by atoms with van der Waals surface area (Å²) in [4.78, 5) is 12.2. The first-order chi connectivity index (χ1) is 9.30. The predicted octanol–water partition coefficient (Wildman–Crippen LogP) is 2.78. The first-order valence-corrected chi connectivity index (χ1v) is 7.43. The summed E-state index contributed by atoms with van der Waals surface area (Å²) in [6.45, 7) is 3.54. The van der Waals surface area contributed by atoms with E-state index in [1.165, 1.54) is 18.2 Å². The Hall–Kier alpha value is -1.98. The number of carbonyl (C=O) groups is 1. The molecule has 0 saturated carbocycles. The Kier molecular flexibility index (Phi) is 3.74. The van der Waals surface area contributed by atoms with E-state index in [1.54, 1.807) is 19.1 Å². The Bertz CT molecular complexity index is 776. The third-order valence-electron chi connectivity index (χ3n) is 3.14. The van der Waals surface area contributed by atoms with Crippen molar-refractivity contribution in [1.82, 2.24) is 0 Å². The van der Waals surface area contributed by atoms with Gasteiger partial charge in [-0.2, -0.15) is 8.42 Å². The van der Waals surface area contributed by atoms with Crippen LogP contribution in [0.15, 0.2) is 47.4 Å². The molecule has 2 aromatic rings. The van der Waals surface area contributed by atoms with Gasteiger partial charge in [0.2, 0.25) is 0 Å². The molecule has 1 N–H and O–H groups in total. The number of benzene rings is 2. The van der Waals surface area contributed by atoms with Crippen LogP contribution in [-0.2, 0) is 10.1 Å². The molecule has 2 rings (SSSR count). The van der Waals surface area contributed by atoms with Gasteiger partial charge >= 0.3 is 0 Å². The number of carbonyl (C=O) groups excluding carboxylic acids is 1. The van der Waals surface area contributed by atoms with Gasteiger partial charge in [-0.05, 0) is 37.1 Å². The van der Waals surface area contributed by atoms with Crippen molar-refractivity contribution in [3.63, 3.8) is 0 Å². The molecule has 2 aromatic carbocycles. The second-order valence-corrected chi connectivity index (χ2v) is 6.02. The Balaban J connectivity index is 2.58. The molecule has 0 aromatic heterocycles. The SMILES string of the molecule is Cc1ccccc1C(=O)c1cc(S(=O)(=O)O)ccc1C. The van der Waals surface area contributed by atoms with E-state index in [-0.39, 0.29) is 16.2 Å². The monoisotopic (exact) mass is 290 g/mol. The highest BCUT2D eigenvalue weighted by Gasteiger charge is 2.17. The molecule has 0 unspecified atom stereocenters. The molecular weight excluding hydrogens is 276 g/mol. The van der Waals surface area contributed by atoms with Crippen LogP contribution in [0.2, 0.25) is 0 Å². The van der Waals surface area contributed by atoms with Crippen molar-refractivity contribution in [2.24, 2.45) is 0 Å². The molecule has 0 amide bonds. The van der Waals surface area contributed by atoms with Gasteiger partial charge in [-0.3, -0.25) is 9.35 Å². The molecule has 0 saturated heterocycles. The average Bonchev–Trinajstić information content (AvgIpc) is 2.37. The van der Waals surface area contributed by atoms with Crippen molar-refractivity contribution < 1.29 is 17.8 Å². The van der Waals surface area contributed by atoms with E-state index in [9.17, 15) is 13.2 Å². The van der Waals surface area contributed by atoms with Gasteiger partial charge in [0.15, 0.2) is 5.78 Å². The lowest BCUT2D eigenvalue weighted by Gasteiger charge is -2.09. The molecule has 0 fully saturated rings. The lowest BCUT2D eigenvalue weighted by Crippen LogP contribution is -2.08. The number of rotatable bonds is 3. The molecule has 0 radical (unpaired) electrons. The van der Waals surface area contributed by atoms with Crippen molar-refractivity contribution in [3.8, 4) is 0 Å². The fraction of sp³-hybridized carbons (Fsp3) is 0.133. The topological polar surface area (TPSA) is 71.4 Å². The normalized spacial score (nSPS) is 11.3. The van der Waals surface area contributed by atoms with Gasteiger partial charge in [0.05, 0.1) is 4.90 Å². The highest BCUT2D eigenvalue weighted by molar-refractivity contribution is 7.85. The van der Waals surface area contributed by atoms with Crippen LogP contribution in [0.3, 0.4) is 0 Å². The van der Waals surface area contributed by atoms with Crippen LogP contribution in [0.1, 0.15) is 27.0 Å². The summed E-state index contributed by atoms with van der Waals surface area (Å²) in [5.41, 5.74) is 2.26. The smallest absolute Gasteiger partial charge is 0.289 e. The van der Waals surface area contributed by atoms with E-state index >= 15 is 0 Å². The van der Waals surface area contributed by atoms with Gasteiger partial charge in [0.1, 0.15) is 0 Å². The number of hydrogen-bond acceptors (Lipinski definition) is 3. The maximum absolute atomic E-state index is 12.5. The van der Waals surface area contributed by atoms with E-state index in [2.05, 4.69) is 0 Å². The quantitative estimate of drug-likeness (QED) is 0.697. The van der Waals surface area contributed by atoms with Gasteiger partial charge < -0.3 is 0 Å². The maximum Gasteiger partial charge on any atom is 0.294 e. The third-order valence-corrected chi connectivity index (χ3v) is 3.99. The molecule has 0 aliphatic heterocycles. The summed E-state index contributed by atoms with van der Waals surface area (Å²) in [7, 11) is -4.32. The summed E-state index contributed by atoms with van der Waals surface area (Å²) in [6, 6.07) is 11.1. The number of hydrogen-bond donors (Lipinski definition) is 1. The van der Waals surface area contributed by atoms with E-state index in [1.807, 2.05) is 19.1 Å². The van der Waals surface area contributed by atoms with Crippen molar-refractivity contribution >= 4 is 15.9 Å². The van der Waals surface area contributed by atoms with Crippen LogP contribution in [-0.4, -0.2) is 18.8 Å². The average molecular weight is 290 g/mol. The van der Waals surface area contributed by atoms with E-state index in [0.29, 0.717) is 11.1 Å². The van der Waals surface area contributed by atoms with Crippen molar-refractivity contribution in [1.29, 1.82) is 0 Å². The minimum atomic E-state index is -4.32. The van der Waals surface area contributed by atoms with Crippen molar-refractivity contribution in [2.45, 2.75) is 18.7 Å². The largest absolute Gasteiger partial charge is 0.294 e. The molecule has 104 valence electrons. The minimum Gasteiger partial charge on any atom is -0.289 e. The molecule has 0 aliphatic rings. The first kappa shape index (κ1) is 14.4. The predicted molar refractivity (Wildman–Crippen MR) is 75.6 cm³/mol. The van der Waals surface area contributed by atoms with Crippen LogP contribution in [0.5, 0.6) is 0 Å². The molecule has 0 atom stereocenters. The summed E-state index contributed by atoms with van der Waals surface area (Å²) < 4.78 is 31.4. The summed E-state index contributed by atoms with van der Waals surface area (Å²) >= 11 is 0. The zero-order valence-electron chi connectivity index (χ0n) is 11.1. The highest BCUT2D eigenvalue weighted by atomic mass is 32.2. The highest BCUT2D eigenvalue weighted by Crippen LogP contribution is 2.20. The van der Waals surface area contributed by atoms with E-state index < -0.39 is 10.1 Å². The lowest BCUT2D eigenvalue weighted by atomic mass is 9.96. The Morgan fingerprint density at radius 1 is 0.950 bits per heavy atom. The molecular formula is C15H14O4S. The zero-order chi connectivity index (χ0) is 14.9. The number of aryl methyl sites for hydroxylation is 2. The van der Waals surface area contributed by atoms with Gasteiger partial charge in [-0.15, -0.1) is 0 Å². The van der Waals surface area contributed by atoms with Crippen LogP contribution >= 0.6 is 0 Å². The number of ketones is 1. The van der Waals surface area contributed by atoms with Gasteiger partial charge in [-0.25, -0.2) is 0 Å². The van der Waals surface area contributed by atoms with Crippen LogP contribution < -0.4 is 0 Å². The van der Waals surface area contributed by atoms with E-state index in [0.717, 1.165) is 5.56 Å². The Morgan fingerprint density at radius 3 is 2.15 bits per heavy atom. The Morgan fingerprint density at radius 2 is 1.55 bits per heavy atom. The fourth-order valence-corrected chi connectivity index (χ4v) is 2.49. The van der Waals surface area contributed by atoms with E-state index in [4.69, 9.17) is 4.55 Å². The fourth-order valence-electron chi connectivity index (χ4n) is 1.98. The summed E-state index contributed by atoms with van der Waals surface area (Å²) in [6.07, 6.45) is 0. The van der Waals surface area contributed by atoms with Crippen molar-refractivity contribution in [2.75, 3.05) is 0 Å². The zero-order valence-corrected chi connectivity index (χ0v) is 11.9. The molecule has 0 aliphatic carbocycles. The van der Waals surface area contributed by atoms with Crippen molar-refractivity contribution in [3.05, 3.63) is 64.7 Å². The molecule has 0 heterocycles. The van der Waals surface area contributed by atoms with Gasteiger partial charge in [0.25, 0.3) is 10.1 Å². The van der Waals surface area contributed by atoms with Crippen LogP contribution in [0.25, 0.3) is 0 Å². The molecule has 20 heavy (non-hydrogen) atoms. The second-order valence-electron chi connectivity index (χ2n) is 4.60. The van der Waals surface area contributed by atoms with Gasteiger partial charge in [-0.1, -0.05) is 30.3 Å². The van der Waals surface area contributed by atoms with Gasteiger partial charge in [0, 0.05) is 11.1 Å².